The van der Waals surface area contributed by atoms with E-state index in [2.05, 4.69) is 16.0 Å². The predicted molar refractivity (Wildman–Crippen MR) is 77.6 cm³/mol. The van der Waals surface area contributed by atoms with Crippen molar-refractivity contribution in [3.8, 4) is 0 Å². The van der Waals surface area contributed by atoms with E-state index in [1.54, 1.807) is 24.3 Å². The Morgan fingerprint density at radius 2 is 1.52 bits per heavy atom. The maximum atomic E-state index is 12.2. The van der Waals surface area contributed by atoms with E-state index < -0.39 is 17.9 Å². The molecule has 1 aromatic carbocycles. The quantitative estimate of drug-likeness (QED) is 0.715. The summed E-state index contributed by atoms with van der Waals surface area (Å²) >= 11 is 0. The summed E-state index contributed by atoms with van der Waals surface area (Å²) in [5, 5.41) is 7.90. The molecule has 21 heavy (non-hydrogen) atoms. The molecule has 6 nitrogen and oxygen atoms in total. The van der Waals surface area contributed by atoms with E-state index in [4.69, 9.17) is 0 Å². The van der Waals surface area contributed by atoms with Crippen LogP contribution in [0.1, 0.15) is 25.7 Å². The van der Waals surface area contributed by atoms with Crippen LogP contribution < -0.4 is 16.0 Å². The molecule has 0 unspecified atom stereocenters. The fourth-order valence-electron chi connectivity index (χ4n) is 2.81. The van der Waals surface area contributed by atoms with Gasteiger partial charge in [-0.15, -0.1) is 0 Å². The lowest BCUT2D eigenvalue weighted by Gasteiger charge is -2.16. The summed E-state index contributed by atoms with van der Waals surface area (Å²) in [6.45, 7) is 0. The van der Waals surface area contributed by atoms with Gasteiger partial charge in [0.25, 0.3) is 11.8 Å². The fraction of sp³-hybridized carbons (Fsp3) is 0.400. The highest BCUT2D eigenvalue weighted by Crippen LogP contribution is 2.26. The molecule has 0 saturated heterocycles. The molecule has 110 valence electrons. The highest BCUT2D eigenvalue weighted by atomic mass is 16.2. The average Bonchev–Trinajstić information content (AvgIpc) is 2.97. The van der Waals surface area contributed by atoms with Crippen molar-refractivity contribution in [1.29, 1.82) is 0 Å². The number of carbonyl (C=O) groups excluding carboxylic acids is 3. The molecule has 1 saturated carbocycles. The van der Waals surface area contributed by atoms with Crippen molar-refractivity contribution in [2.75, 3.05) is 10.6 Å². The third-order valence-corrected chi connectivity index (χ3v) is 3.98. The van der Waals surface area contributed by atoms with Crippen molar-refractivity contribution in [1.82, 2.24) is 5.32 Å². The summed E-state index contributed by atoms with van der Waals surface area (Å²) in [5.41, 5.74) is 1.07. The van der Waals surface area contributed by atoms with Gasteiger partial charge in [0, 0.05) is 5.92 Å². The molecule has 0 aromatic heterocycles. The third kappa shape index (κ3) is 2.74. The summed E-state index contributed by atoms with van der Waals surface area (Å²) in [6, 6.07) is 5.75. The smallest absolute Gasteiger partial charge is 0.256 e. The van der Waals surface area contributed by atoms with Crippen LogP contribution in [-0.4, -0.2) is 23.8 Å². The zero-order valence-electron chi connectivity index (χ0n) is 11.5. The summed E-state index contributed by atoms with van der Waals surface area (Å²) in [7, 11) is 0. The topological polar surface area (TPSA) is 87.3 Å². The molecule has 0 radical (unpaired) electrons. The number of benzene rings is 1. The Hall–Kier alpha value is -2.37. The van der Waals surface area contributed by atoms with Crippen molar-refractivity contribution in [3.05, 3.63) is 24.3 Å². The Morgan fingerprint density at radius 3 is 2.05 bits per heavy atom. The van der Waals surface area contributed by atoms with E-state index >= 15 is 0 Å². The maximum Gasteiger partial charge on any atom is 0.256 e. The first kappa shape index (κ1) is 13.6. The number of hydrogen-bond acceptors (Lipinski definition) is 3. The average molecular weight is 287 g/mol. The lowest BCUT2D eigenvalue weighted by molar-refractivity contribution is -0.134. The number of fused-ring (bicyclic) bond motifs is 1. The largest absolute Gasteiger partial charge is 0.336 e. The molecule has 3 rings (SSSR count). The minimum absolute atomic E-state index is 0.0868. The van der Waals surface area contributed by atoms with Gasteiger partial charge in [-0.25, -0.2) is 0 Å². The molecule has 2 aliphatic rings. The molecule has 3 amide bonds. The van der Waals surface area contributed by atoms with Crippen molar-refractivity contribution < 1.29 is 14.4 Å². The van der Waals surface area contributed by atoms with E-state index in [0.29, 0.717) is 11.4 Å². The maximum absolute atomic E-state index is 12.2. The highest BCUT2D eigenvalue weighted by Gasteiger charge is 2.34. The lowest BCUT2D eigenvalue weighted by atomic mass is 10.1. The molecule has 3 N–H and O–H groups in total. The minimum atomic E-state index is -1.19. The number of para-hydroxylation sites is 2. The normalized spacial score (nSPS) is 19.4. The van der Waals surface area contributed by atoms with Gasteiger partial charge in [0.2, 0.25) is 5.91 Å². The second kappa shape index (κ2) is 5.55. The highest BCUT2D eigenvalue weighted by molar-refractivity contribution is 6.19. The van der Waals surface area contributed by atoms with Crippen LogP contribution in [0.5, 0.6) is 0 Å². The zero-order chi connectivity index (χ0) is 14.8. The summed E-state index contributed by atoms with van der Waals surface area (Å²) in [5.74, 6) is -1.32. The molecule has 0 atom stereocenters. The first-order valence-corrected chi connectivity index (χ1v) is 7.16. The van der Waals surface area contributed by atoms with Gasteiger partial charge >= 0.3 is 0 Å². The first-order chi connectivity index (χ1) is 10.1. The van der Waals surface area contributed by atoms with Gasteiger partial charge in [-0.05, 0) is 25.0 Å². The van der Waals surface area contributed by atoms with Crippen molar-refractivity contribution >= 4 is 29.1 Å². The first-order valence-electron chi connectivity index (χ1n) is 7.16. The molecule has 1 fully saturated rings. The minimum Gasteiger partial charge on any atom is -0.336 e. The van der Waals surface area contributed by atoms with Gasteiger partial charge in [-0.1, -0.05) is 25.0 Å². The Morgan fingerprint density at radius 1 is 1.00 bits per heavy atom. The van der Waals surface area contributed by atoms with E-state index in [0.717, 1.165) is 25.7 Å². The number of amides is 3. The standard InChI is InChI=1S/C15H17N3O3/c19-13(9-5-1-2-6-9)18-12-14(20)16-10-7-3-4-8-11(10)17-15(12)21/h3-4,7-9,12H,1-2,5-6H2,(H,16,20)(H,17,21)(H,18,19). The molecule has 1 heterocycles. The van der Waals surface area contributed by atoms with Crippen molar-refractivity contribution in [2.45, 2.75) is 31.7 Å². The molecule has 0 bridgehead atoms. The summed E-state index contributed by atoms with van der Waals surface area (Å²) in [6.07, 6.45) is 3.68. The molecule has 1 aliphatic carbocycles. The van der Waals surface area contributed by atoms with Crippen LogP contribution in [0, 0.1) is 5.92 Å². The SMILES string of the molecule is O=C(NC1C(=O)Nc2ccccc2NC1=O)C1CCCC1. The molecule has 1 aromatic rings. The molecule has 1 aliphatic heterocycles. The molecular formula is C15H17N3O3. The van der Waals surface area contributed by atoms with Crippen LogP contribution in [0.25, 0.3) is 0 Å². The van der Waals surface area contributed by atoms with Crippen LogP contribution in [0.3, 0.4) is 0 Å². The van der Waals surface area contributed by atoms with Crippen LogP contribution in [0.2, 0.25) is 0 Å². The number of carbonyl (C=O) groups is 3. The summed E-state index contributed by atoms with van der Waals surface area (Å²) in [4.78, 5) is 36.4. The van der Waals surface area contributed by atoms with E-state index in [1.807, 2.05) is 0 Å². The fourth-order valence-corrected chi connectivity index (χ4v) is 2.81. The second-order valence-electron chi connectivity index (χ2n) is 5.45. The lowest BCUT2D eigenvalue weighted by Crippen LogP contribution is -2.51. The van der Waals surface area contributed by atoms with Crippen LogP contribution in [0.4, 0.5) is 11.4 Å². The Labute approximate surface area is 122 Å². The number of rotatable bonds is 2. The van der Waals surface area contributed by atoms with Crippen molar-refractivity contribution in [3.63, 3.8) is 0 Å². The molecular weight excluding hydrogens is 270 g/mol. The van der Waals surface area contributed by atoms with Gasteiger partial charge in [-0.2, -0.15) is 0 Å². The molecule has 6 heteroatoms. The number of nitrogens with one attached hydrogen (secondary N) is 3. The van der Waals surface area contributed by atoms with Gasteiger partial charge in [-0.3, -0.25) is 14.4 Å². The Balaban J connectivity index is 1.75. The van der Waals surface area contributed by atoms with Crippen LogP contribution >= 0.6 is 0 Å². The monoisotopic (exact) mass is 287 g/mol. The van der Waals surface area contributed by atoms with E-state index in [9.17, 15) is 14.4 Å². The van der Waals surface area contributed by atoms with Crippen molar-refractivity contribution in [2.24, 2.45) is 5.92 Å². The van der Waals surface area contributed by atoms with E-state index in [1.165, 1.54) is 0 Å². The van der Waals surface area contributed by atoms with Crippen LogP contribution in [0.15, 0.2) is 24.3 Å². The van der Waals surface area contributed by atoms with Gasteiger partial charge in [0.1, 0.15) is 0 Å². The zero-order valence-corrected chi connectivity index (χ0v) is 11.5. The Bertz CT molecular complexity index is 557. The number of hydrogen-bond donors (Lipinski definition) is 3. The predicted octanol–water partition coefficient (Wildman–Crippen LogP) is 1.25. The van der Waals surface area contributed by atoms with Gasteiger partial charge in [0.15, 0.2) is 6.04 Å². The van der Waals surface area contributed by atoms with Gasteiger partial charge < -0.3 is 16.0 Å². The van der Waals surface area contributed by atoms with E-state index in [-0.39, 0.29) is 11.8 Å². The van der Waals surface area contributed by atoms with Crippen LogP contribution in [-0.2, 0) is 14.4 Å². The number of anilines is 2. The second-order valence-corrected chi connectivity index (χ2v) is 5.45. The molecule has 0 spiro atoms. The summed E-state index contributed by atoms with van der Waals surface area (Å²) < 4.78 is 0. The van der Waals surface area contributed by atoms with Gasteiger partial charge in [0.05, 0.1) is 11.4 Å². The Kier molecular flexibility index (Phi) is 3.60. The third-order valence-electron chi connectivity index (χ3n) is 3.98.